The molecule has 96 valence electrons. The maximum atomic E-state index is 11.1. The van der Waals surface area contributed by atoms with Gasteiger partial charge in [-0.3, -0.25) is 4.79 Å². The molecule has 4 nitrogen and oxygen atoms in total. The van der Waals surface area contributed by atoms with Gasteiger partial charge in [0.2, 0.25) is 11.0 Å². The van der Waals surface area contributed by atoms with E-state index in [9.17, 15) is 4.79 Å². The minimum Gasteiger partial charge on any atom is -0.304 e. The predicted molar refractivity (Wildman–Crippen MR) is 80.0 cm³/mol. The van der Waals surface area contributed by atoms with Gasteiger partial charge in [0.05, 0.1) is 11.4 Å². The van der Waals surface area contributed by atoms with E-state index in [1.165, 1.54) is 28.7 Å². The van der Waals surface area contributed by atoms with E-state index in [1.54, 1.807) is 0 Å². The van der Waals surface area contributed by atoms with Crippen LogP contribution in [0.1, 0.15) is 5.56 Å². The number of benzene rings is 1. The highest BCUT2D eigenvalue weighted by Gasteiger charge is 2.17. The zero-order chi connectivity index (χ0) is 13.2. The van der Waals surface area contributed by atoms with E-state index in [2.05, 4.69) is 34.3 Å². The van der Waals surface area contributed by atoms with E-state index in [-0.39, 0.29) is 5.91 Å². The largest absolute Gasteiger partial charge is 0.304 e. The number of amides is 1. The Bertz CT molecular complexity index is 646. The summed E-state index contributed by atoms with van der Waals surface area (Å²) in [7, 11) is 0. The molecule has 1 N–H and O–H groups in total. The summed E-state index contributed by atoms with van der Waals surface area (Å²) in [6.45, 7) is 2.06. The van der Waals surface area contributed by atoms with Crippen molar-refractivity contribution >= 4 is 39.3 Å². The predicted octanol–water partition coefficient (Wildman–Crippen LogP) is 2.97. The van der Waals surface area contributed by atoms with Crippen LogP contribution >= 0.6 is 23.1 Å². The smallest absolute Gasteiger partial charge is 0.236 e. The zero-order valence-electron chi connectivity index (χ0n) is 10.2. The summed E-state index contributed by atoms with van der Waals surface area (Å²) in [4.78, 5) is 19.9. The Labute approximate surface area is 119 Å². The molecule has 0 aliphatic carbocycles. The topological polar surface area (TPSA) is 54.4 Å². The average Bonchev–Trinajstić information content (AvgIpc) is 3.00. The van der Waals surface area contributed by atoms with Crippen molar-refractivity contribution in [2.75, 3.05) is 5.75 Å². The molecule has 1 amide bonds. The second kappa shape index (κ2) is 5.14. The number of aromatic nitrogens is 1. The van der Waals surface area contributed by atoms with Crippen LogP contribution in [-0.2, 0) is 4.79 Å². The highest BCUT2D eigenvalue weighted by atomic mass is 32.2. The lowest BCUT2D eigenvalue weighted by Gasteiger charge is -1.96. The molecule has 0 unspecified atom stereocenters. The molecule has 1 aliphatic heterocycles. The van der Waals surface area contributed by atoms with Crippen molar-refractivity contribution in [3.05, 3.63) is 35.2 Å². The molecule has 6 heteroatoms. The minimum atomic E-state index is -0.000867. The number of aliphatic imine (C=N–C) groups is 1. The van der Waals surface area contributed by atoms with Crippen molar-refractivity contribution in [3.8, 4) is 11.3 Å². The molecule has 3 rings (SSSR count). The zero-order valence-corrected chi connectivity index (χ0v) is 11.8. The Morgan fingerprint density at radius 3 is 2.79 bits per heavy atom. The van der Waals surface area contributed by atoms with Crippen LogP contribution in [0.3, 0.4) is 0 Å². The molecule has 1 aromatic carbocycles. The number of thioether (sulfide) groups is 1. The van der Waals surface area contributed by atoms with Gasteiger partial charge in [-0.25, -0.2) is 4.98 Å². The maximum absolute atomic E-state index is 11.1. The number of thiazole rings is 1. The summed E-state index contributed by atoms with van der Waals surface area (Å²) in [5.74, 6) is 0.439. The van der Waals surface area contributed by atoms with Gasteiger partial charge in [-0.1, -0.05) is 41.6 Å². The Balaban J connectivity index is 1.83. The highest BCUT2D eigenvalue weighted by molar-refractivity contribution is 8.15. The lowest BCUT2D eigenvalue weighted by molar-refractivity contribution is -0.116. The van der Waals surface area contributed by atoms with Gasteiger partial charge < -0.3 is 5.32 Å². The summed E-state index contributed by atoms with van der Waals surface area (Å²) >= 11 is 2.88. The highest BCUT2D eigenvalue weighted by Crippen LogP contribution is 2.28. The number of hydrogen-bond acceptors (Lipinski definition) is 5. The molecular formula is C13H11N3OS2. The summed E-state index contributed by atoms with van der Waals surface area (Å²) in [6, 6.07) is 8.22. The first kappa shape index (κ1) is 12.4. The quantitative estimate of drug-likeness (QED) is 0.924. The fourth-order valence-corrected chi connectivity index (χ4v) is 3.08. The van der Waals surface area contributed by atoms with Gasteiger partial charge in [-0.15, -0.1) is 11.3 Å². The number of aryl methyl sites for hydroxylation is 1. The number of amidine groups is 1. The Kier molecular flexibility index (Phi) is 3.35. The van der Waals surface area contributed by atoms with Crippen molar-refractivity contribution in [2.45, 2.75) is 6.92 Å². The molecule has 0 radical (unpaired) electrons. The van der Waals surface area contributed by atoms with Gasteiger partial charge in [0.1, 0.15) is 0 Å². The SMILES string of the molecule is Cc1ccc(-c2csc(/N=C3/NC(=O)CS3)n2)cc1. The molecule has 0 bridgehead atoms. The van der Waals surface area contributed by atoms with E-state index >= 15 is 0 Å². The Hall–Kier alpha value is -1.66. The first-order valence-corrected chi connectivity index (χ1v) is 7.61. The fraction of sp³-hybridized carbons (Fsp3) is 0.154. The first-order valence-electron chi connectivity index (χ1n) is 5.74. The van der Waals surface area contributed by atoms with Crippen molar-refractivity contribution in [1.29, 1.82) is 0 Å². The van der Waals surface area contributed by atoms with Gasteiger partial charge in [0.15, 0.2) is 5.17 Å². The van der Waals surface area contributed by atoms with Gasteiger partial charge in [0.25, 0.3) is 0 Å². The van der Waals surface area contributed by atoms with Gasteiger partial charge in [-0.2, -0.15) is 4.99 Å². The second-order valence-electron chi connectivity index (χ2n) is 4.14. The molecule has 1 fully saturated rings. The van der Waals surface area contributed by atoms with Crippen LogP contribution < -0.4 is 5.32 Å². The van der Waals surface area contributed by atoms with Crippen LogP contribution in [0, 0.1) is 6.92 Å². The maximum Gasteiger partial charge on any atom is 0.236 e. The number of nitrogens with zero attached hydrogens (tertiary/aromatic N) is 2. The van der Waals surface area contributed by atoms with E-state index in [4.69, 9.17) is 0 Å². The Morgan fingerprint density at radius 2 is 2.11 bits per heavy atom. The van der Waals surface area contributed by atoms with Crippen LogP contribution in [0.4, 0.5) is 5.13 Å². The first-order chi connectivity index (χ1) is 9.20. The van der Waals surface area contributed by atoms with Crippen LogP contribution in [0.25, 0.3) is 11.3 Å². The van der Waals surface area contributed by atoms with Crippen molar-refractivity contribution < 1.29 is 4.79 Å². The molecule has 19 heavy (non-hydrogen) atoms. The number of rotatable bonds is 2. The van der Waals surface area contributed by atoms with Crippen molar-refractivity contribution in [3.63, 3.8) is 0 Å². The monoisotopic (exact) mass is 289 g/mol. The minimum absolute atomic E-state index is 0.000867. The van der Waals surface area contributed by atoms with Crippen LogP contribution in [-0.4, -0.2) is 21.8 Å². The molecule has 1 aliphatic rings. The molecule has 0 saturated carbocycles. The lowest BCUT2D eigenvalue weighted by Crippen LogP contribution is -2.19. The third kappa shape index (κ3) is 2.85. The van der Waals surface area contributed by atoms with E-state index in [0.29, 0.717) is 16.1 Å². The van der Waals surface area contributed by atoms with Crippen molar-refractivity contribution in [2.24, 2.45) is 4.99 Å². The summed E-state index contributed by atoms with van der Waals surface area (Å²) in [5, 5.41) is 5.98. The molecule has 0 atom stereocenters. The molecule has 0 spiro atoms. The van der Waals surface area contributed by atoms with Crippen LogP contribution in [0.15, 0.2) is 34.6 Å². The Morgan fingerprint density at radius 1 is 1.32 bits per heavy atom. The second-order valence-corrected chi connectivity index (χ2v) is 5.94. The molecule has 1 aromatic heterocycles. The summed E-state index contributed by atoms with van der Waals surface area (Å²) in [6.07, 6.45) is 0. The van der Waals surface area contributed by atoms with Crippen LogP contribution in [0.2, 0.25) is 0 Å². The van der Waals surface area contributed by atoms with Crippen molar-refractivity contribution in [1.82, 2.24) is 10.3 Å². The van der Waals surface area contributed by atoms with E-state index < -0.39 is 0 Å². The van der Waals surface area contributed by atoms with Gasteiger partial charge >= 0.3 is 0 Å². The lowest BCUT2D eigenvalue weighted by atomic mass is 10.1. The number of carbonyl (C=O) groups excluding carboxylic acids is 1. The molecule has 1 saturated heterocycles. The molecule has 2 aromatic rings. The third-order valence-electron chi connectivity index (χ3n) is 2.62. The van der Waals surface area contributed by atoms with Gasteiger partial charge in [-0.05, 0) is 6.92 Å². The number of nitrogens with one attached hydrogen (secondary N) is 1. The number of hydrogen-bond donors (Lipinski definition) is 1. The number of carbonyl (C=O) groups is 1. The molecule has 2 heterocycles. The van der Waals surface area contributed by atoms with E-state index in [0.717, 1.165) is 11.3 Å². The van der Waals surface area contributed by atoms with E-state index in [1.807, 2.05) is 17.5 Å². The normalized spacial score (nSPS) is 16.9. The fourth-order valence-electron chi connectivity index (χ4n) is 1.64. The standard InChI is InChI=1S/C13H11N3OS2/c1-8-2-4-9(5-3-8)10-6-18-12(14-10)16-13-15-11(17)7-19-13/h2-6H,7H2,1H3,(H,14,15,16,17). The van der Waals surface area contributed by atoms with Crippen LogP contribution in [0.5, 0.6) is 0 Å². The molecular weight excluding hydrogens is 278 g/mol. The third-order valence-corrected chi connectivity index (χ3v) is 4.23. The average molecular weight is 289 g/mol. The summed E-state index contributed by atoms with van der Waals surface area (Å²) in [5.41, 5.74) is 3.22. The van der Waals surface area contributed by atoms with Gasteiger partial charge in [0, 0.05) is 10.9 Å². The summed E-state index contributed by atoms with van der Waals surface area (Å²) < 4.78 is 0.